The molecule has 6 nitrogen and oxygen atoms in total. The Balaban J connectivity index is 0.00000242. The zero-order chi connectivity index (χ0) is 15.4. The van der Waals surface area contributed by atoms with Crippen molar-refractivity contribution < 1.29 is 0 Å². The summed E-state index contributed by atoms with van der Waals surface area (Å²) >= 11 is 11.8. The predicted molar refractivity (Wildman–Crippen MR) is 95.7 cm³/mol. The lowest BCUT2D eigenvalue weighted by Crippen LogP contribution is -2.50. The van der Waals surface area contributed by atoms with Crippen molar-refractivity contribution >= 4 is 53.2 Å². The van der Waals surface area contributed by atoms with Crippen molar-refractivity contribution in [3.8, 4) is 0 Å². The Kier molecular flexibility index (Phi) is 7.22. The standard InChI is InChI=1S/C13H18Cl2N6.ClH/c1-20-4-6-21(7-5-20)13(17)19-12(16)18-9-2-3-10(14)11(15)8-9;/h2-3,8H,4-7H2,1H3,(H4,16,17,18,19);1H. The smallest absolute Gasteiger partial charge is 0.223 e. The van der Waals surface area contributed by atoms with Crippen molar-refractivity contribution in [3.05, 3.63) is 28.2 Å². The van der Waals surface area contributed by atoms with E-state index >= 15 is 0 Å². The maximum atomic E-state index is 5.95. The fourth-order valence-electron chi connectivity index (χ4n) is 1.94. The number of nitrogens with zero attached hydrogens (tertiary/aromatic N) is 4. The lowest BCUT2D eigenvalue weighted by Gasteiger charge is -2.32. The molecule has 1 aromatic rings. The first-order valence-electron chi connectivity index (χ1n) is 6.52. The lowest BCUT2D eigenvalue weighted by molar-refractivity contribution is 0.214. The van der Waals surface area contributed by atoms with E-state index in [1.165, 1.54) is 0 Å². The fraction of sp³-hybridized carbons (Fsp3) is 0.385. The van der Waals surface area contributed by atoms with Crippen LogP contribution in [0.2, 0.25) is 10.0 Å². The highest BCUT2D eigenvalue weighted by Crippen LogP contribution is 2.26. The third-order valence-electron chi connectivity index (χ3n) is 3.20. The van der Waals surface area contributed by atoms with Crippen LogP contribution in [-0.2, 0) is 0 Å². The molecule has 1 heterocycles. The first-order valence-corrected chi connectivity index (χ1v) is 7.28. The Morgan fingerprint density at radius 1 is 1.09 bits per heavy atom. The second-order valence-corrected chi connectivity index (χ2v) is 5.64. The summed E-state index contributed by atoms with van der Waals surface area (Å²) in [4.78, 5) is 12.5. The van der Waals surface area contributed by atoms with E-state index in [4.69, 9.17) is 34.7 Å². The van der Waals surface area contributed by atoms with Gasteiger partial charge in [0.25, 0.3) is 0 Å². The van der Waals surface area contributed by atoms with Gasteiger partial charge in [0, 0.05) is 26.2 Å². The molecule has 1 aliphatic rings. The molecular weight excluding hydrogens is 347 g/mol. The largest absolute Gasteiger partial charge is 0.369 e. The maximum Gasteiger partial charge on any atom is 0.223 e. The SMILES string of the molecule is CN1CCN(C(N)=NC(N)=Nc2ccc(Cl)c(Cl)c2)CC1.Cl. The molecule has 0 aliphatic carbocycles. The van der Waals surface area contributed by atoms with Gasteiger partial charge in [-0.3, -0.25) is 0 Å². The van der Waals surface area contributed by atoms with Gasteiger partial charge in [0.15, 0.2) is 5.96 Å². The van der Waals surface area contributed by atoms with Crippen LogP contribution in [-0.4, -0.2) is 54.9 Å². The third-order valence-corrected chi connectivity index (χ3v) is 3.94. The highest BCUT2D eigenvalue weighted by molar-refractivity contribution is 6.42. The van der Waals surface area contributed by atoms with E-state index in [-0.39, 0.29) is 18.4 Å². The van der Waals surface area contributed by atoms with Crippen LogP contribution in [0.4, 0.5) is 5.69 Å². The van der Waals surface area contributed by atoms with Crippen molar-refractivity contribution in [3.63, 3.8) is 0 Å². The molecule has 4 N–H and O–H groups in total. The molecule has 0 aromatic heterocycles. The first kappa shape index (κ1) is 18.8. The number of guanidine groups is 2. The van der Waals surface area contributed by atoms with E-state index in [0.717, 1.165) is 26.2 Å². The van der Waals surface area contributed by atoms with Gasteiger partial charge in [-0.25, -0.2) is 4.99 Å². The van der Waals surface area contributed by atoms with Gasteiger partial charge < -0.3 is 21.3 Å². The average Bonchev–Trinajstić information content (AvgIpc) is 2.43. The van der Waals surface area contributed by atoms with Crippen LogP contribution in [0.3, 0.4) is 0 Å². The van der Waals surface area contributed by atoms with Crippen molar-refractivity contribution in [2.75, 3.05) is 33.2 Å². The molecular formula is C13H19Cl3N6. The minimum atomic E-state index is 0. The first-order chi connectivity index (χ1) is 9.95. The minimum absolute atomic E-state index is 0. The van der Waals surface area contributed by atoms with E-state index in [2.05, 4.69) is 21.9 Å². The zero-order valence-corrected chi connectivity index (χ0v) is 14.5. The van der Waals surface area contributed by atoms with E-state index in [0.29, 0.717) is 21.7 Å². The summed E-state index contributed by atoms with van der Waals surface area (Å²) in [5.74, 6) is 0.467. The van der Waals surface area contributed by atoms with E-state index in [1.807, 2.05) is 4.90 Å². The summed E-state index contributed by atoms with van der Waals surface area (Å²) in [6, 6.07) is 4.99. The molecule has 1 aliphatic heterocycles. The fourth-order valence-corrected chi connectivity index (χ4v) is 2.23. The number of rotatable bonds is 1. The molecule has 0 spiro atoms. The van der Waals surface area contributed by atoms with E-state index < -0.39 is 0 Å². The number of halogens is 3. The molecule has 22 heavy (non-hydrogen) atoms. The second-order valence-electron chi connectivity index (χ2n) is 4.83. The minimum Gasteiger partial charge on any atom is -0.369 e. The quantitative estimate of drug-likeness (QED) is 0.588. The van der Waals surface area contributed by atoms with Crippen LogP contribution in [0.15, 0.2) is 28.2 Å². The van der Waals surface area contributed by atoms with E-state index in [9.17, 15) is 0 Å². The number of likely N-dealkylation sites (N-methyl/N-ethyl adjacent to an activating group) is 1. The van der Waals surface area contributed by atoms with Gasteiger partial charge in [-0.15, -0.1) is 12.4 Å². The second kappa shape index (κ2) is 8.43. The Morgan fingerprint density at radius 3 is 2.32 bits per heavy atom. The molecule has 0 unspecified atom stereocenters. The summed E-state index contributed by atoms with van der Waals surface area (Å²) in [5.41, 5.74) is 12.3. The highest BCUT2D eigenvalue weighted by atomic mass is 35.5. The molecule has 9 heteroatoms. The van der Waals surface area contributed by atoms with E-state index in [1.54, 1.807) is 18.2 Å². The van der Waals surface area contributed by atoms with Crippen LogP contribution in [0.25, 0.3) is 0 Å². The Hall–Kier alpha value is -1.21. The number of hydrogen-bond acceptors (Lipinski definition) is 2. The van der Waals surface area contributed by atoms with Gasteiger partial charge in [0.05, 0.1) is 15.7 Å². The van der Waals surface area contributed by atoms with Crippen LogP contribution in [0, 0.1) is 0 Å². The molecule has 1 aromatic carbocycles. The monoisotopic (exact) mass is 364 g/mol. The number of aliphatic imine (C=N–C) groups is 2. The number of nitrogens with two attached hydrogens (primary N) is 2. The zero-order valence-electron chi connectivity index (χ0n) is 12.2. The van der Waals surface area contributed by atoms with Gasteiger partial charge >= 0.3 is 0 Å². The molecule has 1 fully saturated rings. The number of benzene rings is 1. The van der Waals surface area contributed by atoms with Gasteiger partial charge in [0.2, 0.25) is 5.96 Å². The molecule has 2 rings (SSSR count). The summed E-state index contributed by atoms with van der Waals surface area (Å²) < 4.78 is 0. The van der Waals surface area contributed by atoms with Gasteiger partial charge in [-0.2, -0.15) is 4.99 Å². The Labute approximate surface area is 146 Å². The van der Waals surface area contributed by atoms with Crippen LogP contribution in [0.1, 0.15) is 0 Å². The normalized spacial score (nSPS) is 17.3. The average molecular weight is 366 g/mol. The van der Waals surface area contributed by atoms with Crippen LogP contribution < -0.4 is 11.5 Å². The molecule has 0 saturated carbocycles. The summed E-state index contributed by atoms with van der Waals surface area (Å²) in [6.45, 7) is 3.54. The Bertz CT molecular complexity index is 567. The van der Waals surface area contributed by atoms with Crippen LogP contribution in [0.5, 0.6) is 0 Å². The molecule has 0 bridgehead atoms. The summed E-state index contributed by atoms with van der Waals surface area (Å²) in [7, 11) is 2.07. The van der Waals surface area contributed by atoms with Crippen molar-refractivity contribution in [2.24, 2.45) is 21.5 Å². The van der Waals surface area contributed by atoms with Gasteiger partial charge in [-0.05, 0) is 25.2 Å². The summed E-state index contributed by atoms with van der Waals surface area (Å²) in [5, 5.41) is 0.886. The molecule has 0 amide bonds. The van der Waals surface area contributed by atoms with Crippen molar-refractivity contribution in [2.45, 2.75) is 0 Å². The highest BCUT2D eigenvalue weighted by Gasteiger charge is 2.15. The van der Waals surface area contributed by atoms with Gasteiger partial charge in [0.1, 0.15) is 0 Å². The topological polar surface area (TPSA) is 83.2 Å². The lowest BCUT2D eigenvalue weighted by atomic mass is 10.3. The number of hydrogen-bond donors (Lipinski definition) is 2. The summed E-state index contributed by atoms with van der Waals surface area (Å²) in [6.07, 6.45) is 0. The van der Waals surface area contributed by atoms with Crippen LogP contribution >= 0.6 is 35.6 Å². The Morgan fingerprint density at radius 2 is 1.73 bits per heavy atom. The molecule has 1 saturated heterocycles. The molecule has 122 valence electrons. The maximum absolute atomic E-state index is 5.95. The predicted octanol–water partition coefficient (Wildman–Crippen LogP) is 1.92. The van der Waals surface area contributed by atoms with Gasteiger partial charge in [-0.1, -0.05) is 23.2 Å². The molecule has 0 radical (unpaired) electrons. The van der Waals surface area contributed by atoms with Crippen molar-refractivity contribution in [1.82, 2.24) is 9.80 Å². The van der Waals surface area contributed by atoms with Crippen molar-refractivity contribution in [1.29, 1.82) is 0 Å². The molecule has 0 atom stereocenters. The number of piperazine rings is 1. The third kappa shape index (κ3) is 5.21.